The van der Waals surface area contributed by atoms with Crippen molar-refractivity contribution >= 4 is 5.83 Å². The van der Waals surface area contributed by atoms with Crippen molar-refractivity contribution in [2.75, 3.05) is 0 Å². The maximum atomic E-state index is 14.1. The Morgan fingerprint density at radius 3 is 1.45 bits per heavy atom. The molecule has 4 aromatic rings. The zero-order valence-electron chi connectivity index (χ0n) is 20.1. The molecule has 0 saturated carbocycles. The Labute approximate surface area is 214 Å². The molecule has 0 radical (unpaired) electrons. The average molecular weight is 530 g/mol. The fourth-order valence-corrected chi connectivity index (χ4v) is 3.96. The van der Waals surface area contributed by atoms with Crippen molar-refractivity contribution in [2.45, 2.75) is 26.1 Å². The van der Waals surface area contributed by atoms with Crippen LogP contribution in [-0.4, -0.2) is 6.36 Å². The molecule has 0 aliphatic carbocycles. The van der Waals surface area contributed by atoms with Gasteiger partial charge in [-0.1, -0.05) is 72.8 Å². The SMILES string of the molecule is CC(F)=C(F)c1ccc(CCc2ccc(-c3ccc(-c4cc(F)c(OC(F)(F)F)c(F)c4)cc3)cc2)cc1. The van der Waals surface area contributed by atoms with Gasteiger partial charge < -0.3 is 4.74 Å². The summed E-state index contributed by atoms with van der Waals surface area (Å²) in [4.78, 5) is 0. The van der Waals surface area contributed by atoms with E-state index in [0.717, 1.165) is 47.7 Å². The van der Waals surface area contributed by atoms with Crippen LogP contribution in [0.1, 0.15) is 23.6 Å². The number of ether oxygens (including phenoxy) is 1. The fraction of sp³-hybridized carbons (Fsp3) is 0.133. The minimum atomic E-state index is -5.21. The van der Waals surface area contributed by atoms with E-state index in [4.69, 9.17) is 0 Å². The Kier molecular flexibility index (Phi) is 7.90. The third-order valence-corrected chi connectivity index (χ3v) is 5.93. The standard InChI is InChI=1S/C30H21F7O/c1-18(31)28(34)24-10-6-20(7-11-24)3-2-19-4-8-21(9-5-19)22-12-14-23(15-13-22)25-16-26(32)29(27(33)17-25)38-30(35,36)37/h4-17H,2-3H2,1H3. The smallest absolute Gasteiger partial charge is 0.399 e. The second-order valence-corrected chi connectivity index (χ2v) is 8.64. The molecular formula is C30H21F7O. The lowest BCUT2D eigenvalue weighted by Crippen LogP contribution is -2.19. The summed E-state index contributed by atoms with van der Waals surface area (Å²) in [7, 11) is 0. The summed E-state index contributed by atoms with van der Waals surface area (Å²) >= 11 is 0. The van der Waals surface area contributed by atoms with Gasteiger partial charge in [-0.3, -0.25) is 0 Å². The largest absolute Gasteiger partial charge is 0.573 e. The molecule has 0 atom stereocenters. The Balaban J connectivity index is 1.41. The Morgan fingerprint density at radius 1 is 0.632 bits per heavy atom. The molecule has 0 aliphatic rings. The monoisotopic (exact) mass is 530 g/mol. The van der Waals surface area contributed by atoms with Crippen LogP contribution >= 0.6 is 0 Å². The van der Waals surface area contributed by atoms with E-state index < -0.39 is 35.4 Å². The van der Waals surface area contributed by atoms with E-state index in [0.29, 0.717) is 12.0 Å². The molecule has 0 aromatic heterocycles. The van der Waals surface area contributed by atoms with Crippen molar-refractivity contribution in [2.24, 2.45) is 0 Å². The van der Waals surface area contributed by atoms with Gasteiger partial charge >= 0.3 is 6.36 Å². The van der Waals surface area contributed by atoms with Gasteiger partial charge in [0.15, 0.2) is 17.5 Å². The van der Waals surface area contributed by atoms with Crippen molar-refractivity contribution < 1.29 is 35.5 Å². The highest BCUT2D eigenvalue weighted by atomic mass is 19.4. The summed E-state index contributed by atoms with van der Waals surface area (Å²) in [5, 5.41) is 0. The first-order chi connectivity index (χ1) is 18.0. The Morgan fingerprint density at radius 2 is 1.03 bits per heavy atom. The first kappa shape index (κ1) is 27.0. The number of allylic oxidation sites excluding steroid dienone is 1. The molecule has 1 nitrogen and oxygen atoms in total. The van der Waals surface area contributed by atoms with Crippen molar-refractivity contribution in [3.8, 4) is 28.0 Å². The predicted molar refractivity (Wildman–Crippen MR) is 133 cm³/mol. The number of alkyl halides is 3. The summed E-state index contributed by atoms with van der Waals surface area (Å²) in [5.74, 6) is -6.12. The highest BCUT2D eigenvalue weighted by Crippen LogP contribution is 2.33. The van der Waals surface area contributed by atoms with Gasteiger partial charge in [-0.15, -0.1) is 13.2 Å². The molecule has 4 rings (SSSR count). The van der Waals surface area contributed by atoms with E-state index in [1.165, 1.54) is 0 Å². The van der Waals surface area contributed by atoms with Gasteiger partial charge in [-0.05, 0) is 65.3 Å². The van der Waals surface area contributed by atoms with Crippen LogP contribution in [0.4, 0.5) is 30.7 Å². The van der Waals surface area contributed by atoms with Crippen LogP contribution in [0.5, 0.6) is 5.75 Å². The van der Waals surface area contributed by atoms with Crippen molar-refractivity contribution in [1.82, 2.24) is 0 Å². The third-order valence-electron chi connectivity index (χ3n) is 5.93. The van der Waals surface area contributed by atoms with Crippen LogP contribution in [0, 0.1) is 11.6 Å². The lowest BCUT2D eigenvalue weighted by molar-refractivity contribution is -0.276. The summed E-state index contributed by atoms with van der Waals surface area (Å²) in [6.07, 6.45) is -3.75. The fourth-order valence-electron chi connectivity index (χ4n) is 3.96. The zero-order chi connectivity index (χ0) is 27.4. The number of halogens is 7. The summed E-state index contributed by atoms with van der Waals surface area (Å²) in [6, 6.07) is 22.7. The number of hydrogen-bond donors (Lipinski definition) is 0. The van der Waals surface area contributed by atoms with Crippen molar-refractivity contribution in [3.05, 3.63) is 119 Å². The van der Waals surface area contributed by atoms with E-state index in [1.54, 1.807) is 48.5 Å². The number of rotatable bonds is 7. The minimum absolute atomic E-state index is 0.0723. The normalized spacial score (nSPS) is 12.3. The number of aryl methyl sites for hydroxylation is 2. The first-order valence-corrected chi connectivity index (χ1v) is 11.6. The van der Waals surface area contributed by atoms with E-state index in [9.17, 15) is 30.7 Å². The maximum absolute atomic E-state index is 14.1. The molecule has 0 aliphatic heterocycles. The predicted octanol–water partition coefficient (Wildman–Crippen LogP) is 9.61. The Bertz CT molecular complexity index is 1410. The van der Waals surface area contributed by atoms with Crippen LogP contribution in [0.3, 0.4) is 0 Å². The maximum Gasteiger partial charge on any atom is 0.573 e. The van der Waals surface area contributed by atoms with Crippen molar-refractivity contribution in [1.29, 1.82) is 0 Å². The highest BCUT2D eigenvalue weighted by molar-refractivity contribution is 5.71. The van der Waals surface area contributed by atoms with Crippen LogP contribution in [-0.2, 0) is 12.8 Å². The molecule has 0 spiro atoms. The molecule has 0 fully saturated rings. The summed E-state index contributed by atoms with van der Waals surface area (Å²) in [5.41, 5.74) is 4.50. The molecule has 0 N–H and O–H groups in total. The number of benzene rings is 4. The van der Waals surface area contributed by atoms with E-state index >= 15 is 0 Å². The third kappa shape index (κ3) is 6.62. The van der Waals surface area contributed by atoms with Crippen LogP contribution in [0.25, 0.3) is 28.1 Å². The van der Waals surface area contributed by atoms with E-state index in [1.807, 2.05) is 24.3 Å². The van der Waals surface area contributed by atoms with Gasteiger partial charge in [0.2, 0.25) is 5.75 Å². The molecule has 0 unspecified atom stereocenters. The molecule has 0 amide bonds. The molecule has 0 bridgehead atoms. The average Bonchev–Trinajstić information content (AvgIpc) is 2.89. The summed E-state index contributed by atoms with van der Waals surface area (Å²) in [6.45, 7) is 1.07. The van der Waals surface area contributed by atoms with Crippen LogP contribution in [0.2, 0.25) is 0 Å². The van der Waals surface area contributed by atoms with Gasteiger partial charge in [0.25, 0.3) is 0 Å². The lowest BCUT2D eigenvalue weighted by Gasteiger charge is -2.12. The summed E-state index contributed by atoms with van der Waals surface area (Å²) < 4.78 is 95.3. The molecule has 0 heterocycles. The van der Waals surface area contributed by atoms with Gasteiger partial charge in [0.05, 0.1) is 0 Å². The second-order valence-electron chi connectivity index (χ2n) is 8.64. The molecule has 38 heavy (non-hydrogen) atoms. The van der Waals surface area contributed by atoms with E-state index in [2.05, 4.69) is 4.74 Å². The van der Waals surface area contributed by atoms with Gasteiger partial charge in [0, 0.05) is 5.56 Å². The van der Waals surface area contributed by atoms with E-state index in [-0.39, 0.29) is 11.1 Å². The number of hydrogen-bond acceptors (Lipinski definition) is 1. The first-order valence-electron chi connectivity index (χ1n) is 11.6. The minimum Gasteiger partial charge on any atom is -0.399 e. The lowest BCUT2D eigenvalue weighted by atomic mass is 9.98. The molecular weight excluding hydrogens is 509 g/mol. The van der Waals surface area contributed by atoms with Crippen molar-refractivity contribution in [3.63, 3.8) is 0 Å². The zero-order valence-corrected chi connectivity index (χ0v) is 20.1. The highest BCUT2D eigenvalue weighted by Gasteiger charge is 2.34. The molecule has 8 heteroatoms. The Hall–Kier alpha value is -4.07. The van der Waals surface area contributed by atoms with Crippen LogP contribution in [0.15, 0.2) is 90.8 Å². The van der Waals surface area contributed by atoms with Gasteiger partial charge in [-0.2, -0.15) is 0 Å². The topological polar surface area (TPSA) is 9.23 Å². The quantitative estimate of drug-likeness (QED) is 0.216. The molecule has 0 saturated heterocycles. The van der Waals surface area contributed by atoms with Gasteiger partial charge in [-0.25, -0.2) is 17.6 Å². The molecule has 196 valence electrons. The van der Waals surface area contributed by atoms with Gasteiger partial charge in [0.1, 0.15) is 5.83 Å². The molecule has 4 aromatic carbocycles. The second kappa shape index (κ2) is 11.1. The van der Waals surface area contributed by atoms with Crippen LogP contribution < -0.4 is 4.74 Å².